The van der Waals surface area contributed by atoms with E-state index < -0.39 is 11.6 Å². The standard InChI is InChI=1S/C14H12F2N2S/c1-8-2-4-12(10(6-8)14(17)19)18-13-5-3-9(15)7-11(13)16/h2-7,18H,1H3,(H2,17,19). The summed E-state index contributed by atoms with van der Waals surface area (Å²) < 4.78 is 26.4. The minimum Gasteiger partial charge on any atom is -0.389 e. The van der Waals surface area contributed by atoms with Gasteiger partial charge in [0, 0.05) is 17.3 Å². The van der Waals surface area contributed by atoms with Crippen molar-refractivity contribution in [2.75, 3.05) is 5.32 Å². The first-order chi connectivity index (χ1) is 8.97. The number of nitrogens with two attached hydrogens (primary N) is 1. The topological polar surface area (TPSA) is 38.0 Å². The predicted octanol–water partition coefficient (Wildman–Crippen LogP) is 3.65. The van der Waals surface area contributed by atoms with Crippen LogP contribution in [0, 0.1) is 18.6 Å². The van der Waals surface area contributed by atoms with Gasteiger partial charge in [0.1, 0.15) is 16.6 Å². The summed E-state index contributed by atoms with van der Waals surface area (Å²) in [6.45, 7) is 1.91. The van der Waals surface area contributed by atoms with Crippen LogP contribution in [-0.4, -0.2) is 4.99 Å². The van der Waals surface area contributed by atoms with Crippen molar-refractivity contribution >= 4 is 28.6 Å². The van der Waals surface area contributed by atoms with Crippen molar-refractivity contribution in [3.63, 3.8) is 0 Å². The number of rotatable bonds is 3. The highest BCUT2D eigenvalue weighted by Crippen LogP contribution is 2.24. The second-order valence-electron chi connectivity index (χ2n) is 4.16. The molecule has 0 aliphatic heterocycles. The second kappa shape index (κ2) is 5.32. The maximum atomic E-state index is 13.6. The minimum absolute atomic E-state index is 0.169. The Balaban J connectivity index is 2.40. The van der Waals surface area contributed by atoms with Crippen molar-refractivity contribution in [3.8, 4) is 0 Å². The number of hydrogen-bond acceptors (Lipinski definition) is 2. The molecule has 2 rings (SSSR count). The van der Waals surface area contributed by atoms with Crippen LogP contribution in [0.3, 0.4) is 0 Å². The molecule has 19 heavy (non-hydrogen) atoms. The van der Waals surface area contributed by atoms with E-state index in [1.165, 1.54) is 12.1 Å². The van der Waals surface area contributed by atoms with Gasteiger partial charge in [-0.05, 0) is 31.2 Å². The summed E-state index contributed by atoms with van der Waals surface area (Å²) >= 11 is 4.96. The lowest BCUT2D eigenvalue weighted by molar-refractivity contribution is 0.586. The number of aryl methyl sites for hydroxylation is 1. The van der Waals surface area contributed by atoms with E-state index in [9.17, 15) is 8.78 Å². The first kappa shape index (κ1) is 13.4. The molecule has 0 bridgehead atoms. The molecule has 0 spiro atoms. The molecule has 0 radical (unpaired) electrons. The molecule has 5 heteroatoms. The minimum atomic E-state index is -0.672. The molecule has 0 aromatic heterocycles. The van der Waals surface area contributed by atoms with Crippen LogP contribution in [0.2, 0.25) is 0 Å². The molecule has 0 aliphatic rings. The Bertz CT molecular complexity index is 641. The van der Waals surface area contributed by atoms with Crippen LogP contribution >= 0.6 is 12.2 Å². The first-order valence-electron chi connectivity index (χ1n) is 5.60. The zero-order chi connectivity index (χ0) is 14.0. The Labute approximate surface area is 115 Å². The van der Waals surface area contributed by atoms with Gasteiger partial charge in [-0.3, -0.25) is 0 Å². The average molecular weight is 278 g/mol. The SMILES string of the molecule is Cc1ccc(Nc2ccc(F)cc2F)c(C(N)=S)c1. The summed E-state index contributed by atoms with van der Waals surface area (Å²) in [5, 5.41) is 2.87. The lowest BCUT2D eigenvalue weighted by atomic mass is 10.1. The van der Waals surface area contributed by atoms with Gasteiger partial charge in [-0.15, -0.1) is 0 Å². The third-order valence-corrected chi connectivity index (χ3v) is 2.86. The summed E-state index contributed by atoms with van der Waals surface area (Å²) in [6, 6.07) is 8.75. The molecule has 3 N–H and O–H groups in total. The van der Waals surface area contributed by atoms with Gasteiger partial charge >= 0.3 is 0 Å². The quantitative estimate of drug-likeness (QED) is 0.842. The van der Waals surface area contributed by atoms with Gasteiger partial charge in [0.15, 0.2) is 0 Å². The van der Waals surface area contributed by atoms with Gasteiger partial charge < -0.3 is 11.1 Å². The van der Waals surface area contributed by atoms with Gasteiger partial charge in [0.05, 0.1) is 5.69 Å². The first-order valence-corrected chi connectivity index (χ1v) is 6.01. The van der Waals surface area contributed by atoms with Crippen LogP contribution in [-0.2, 0) is 0 Å². The Morgan fingerprint density at radius 3 is 2.42 bits per heavy atom. The van der Waals surface area contributed by atoms with Gasteiger partial charge in [0.2, 0.25) is 0 Å². The van der Waals surface area contributed by atoms with Crippen molar-refractivity contribution in [3.05, 3.63) is 59.2 Å². The van der Waals surface area contributed by atoms with Crippen LogP contribution in [0.1, 0.15) is 11.1 Å². The third-order valence-electron chi connectivity index (χ3n) is 2.64. The lowest BCUT2D eigenvalue weighted by Crippen LogP contribution is -2.12. The summed E-state index contributed by atoms with van der Waals surface area (Å²) in [5.74, 6) is -1.30. The van der Waals surface area contributed by atoms with Crippen LogP contribution in [0.15, 0.2) is 36.4 Å². The molecule has 0 heterocycles. The molecule has 0 atom stereocenters. The van der Waals surface area contributed by atoms with Gasteiger partial charge in [-0.1, -0.05) is 23.8 Å². The highest BCUT2D eigenvalue weighted by atomic mass is 32.1. The third kappa shape index (κ3) is 3.06. The summed E-state index contributed by atoms with van der Waals surface area (Å²) in [6.07, 6.45) is 0. The molecule has 0 fully saturated rings. The molecule has 0 aliphatic carbocycles. The Morgan fingerprint density at radius 1 is 1.11 bits per heavy atom. The van der Waals surface area contributed by atoms with Crippen molar-refractivity contribution in [1.82, 2.24) is 0 Å². The van der Waals surface area contributed by atoms with E-state index in [0.717, 1.165) is 11.6 Å². The number of hydrogen-bond donors (Lipinski definition) is 2. The molecule has 98 valence electrons. The van der Waals surface area contributed by atoms with Crippen molar-refractivity contribution in [2.24, 2.45) is 5.73 Å². The fourth-order valence-electron chi connectivity index (χ4n) is 1.71. The largest absolute Gasteiger partial charge is 0.389 e. The maximum absolute atomic E-state index is 13.6. The fraction of sp³-hybridized carbons (Fsp3) is 0.0714. The van der Waals surface area contributed by atoms with Crippen LogP contribution in [0.25, 0.3) is 0 Å². The summed E-state index contributed by atoms with van der Waals surface area (Å²) in [7, 11) is 0. The molecular formula is C14H12F2N2S. The number of thiocarbonyl (C=S) groups is 1. The number of nitrogens with one attached hydrogen (secondary N) is 1. The number of benzene rings is 2. The van der Waals surface area contributed by atoms with Crippen LogP contribution in [0.4, 0.5) is 20.2 Å². The van der Waals surface area contributed by atoms with E-state index in [1.54, 1.807) is 6.07 Å². The van der Waals surface area contributed by atoms with E-state index in [1.807, 2.05) is 19.1 Å². The highest BCUT2D eigenvalue weighted by molar-refractivity contribution is 7.80. The fourth-order valence-corrected chi connectivity index (χ4v) is 1.88. The molecule has 0 amide bonds. The van der Waals surface area contributed by atoms with Crippen LogP contribution in [0.5, 0.6) is 0 Å². The number of halogens is 2. The summed E-state index contributed by atoms with van der Waals surface area (Å²) in [4.78, 5) is 0.216. The maximum Gasteiger partial charge on any atom is 0.149 e. The Morgan fingerprint density at radius 2 is 1.79 bits per heavy atom. The Hall–Kier alpha value is -2.01. The predicted molar refractivity (Wildman–Crippen MR) is 76.7 cm³/mol. The van der Waals surface area contributed by atoms with Crippen molar-refractivity contribution in [2.45, 2.75) is 6.92 Å². The van der Waals surface area contributed by atoms with E-state index in [2.05, 4.69) is 5.32 Å². The molecule has 2 nitrogen and oxygen atoms in total. The average Bonchev–Trinajstić information content (AvgIpc) is 2.34. The second-order valence-corrected chi connectivity index (χ2v) is 4.60. The normalized spacial score (nSPS) is 10.3. The molecule has 0 unspecified atom stereocenters. The van der Waals surface area contributed by atoms with E-state index in [-0.39, 0.29) is 10.7 Å². The molecule has 0 saturated carbocycles. The zero-order valence-corrected chi connectivity index (χ0v) is 11.0. The van der Waals surface area contributed by atoms with Crippen LogP contribution < -0.4 is 11.1 Å². The lowest BCUT2D eigenvalue weighted by Gasteiger charge is -2.12. The molecule has 0 saturated heterocycles. The molecule has 2 aromatic carbocycles. The smallest absolute Gasteiger partial charge is 0.149 e. The van der Waals surface area contributed by atoms with E-state index in [0.29, 0.717) is 11.3 Å². The molecule has 2 aromatic rings. The van der Waals surface area contributed by atoms with Gasteiger partial charge in [-0.2, -0.15) is 0 Å². The zero-order valence-electron chi connectivity index (χ0n) is 10.2. The monoisotopic (exact) mass is 278 g/mol. The van der Waals surface area contributed by atoms with E-state index >= 15 is 0 Å². The van der Waals surface area contributed by atoms with Crippen molar-refractivity contribution < 1.29 is 8.78 Å². The van der Waals surface area contributed by atoms with Gasteiger partial charge in [-0.25, -0.2) is 8.78 Å². The molecular weight excluding hydrogens is 266 g/mol. The van der Waals surface area contributed by atoms with E-state index in [4.69, 9.17) is 18.0 Å². The number of anilines is 2. The summed E-state index contributed by atoms with van der Waals surface area (Å²) in [5.41, 5.74) is 8.01. The Kier molecular flexibility index (Phi) is 3.76. The van der Waals surface area contributed by atoms with Crippen molar-refractivity contribution in [1.29, 1.82) is 0 Å². The highest BCUT2D eigenvalue weighted by Gasteiger charge is 2.09. The van der Waals surface area contributed by atoms with Gasteiger partial charge in [0.25, 0.3) is 0 Å².